The number of rotatable bonds is 8. The molecule has 0 aliphatic heterocycles. The van der Waals surface area contributed by atoms with Crippen molar-refractivity contribution >= 4 is 11.8 Å². The molecule has 0 saturated carbocycles. The fourth-order valence-corrected chi connectivity index (χ4v) is 1.93. The number of hydrogen-bond donors (Lipinski definition) is 0. The summed E-state index contributed by atoms with van der Waals surface area (Å²) in [7, 11) is 0. The van der Waals surface area contributed by atoms with Crippen LogP contribution in [0.3, 0.4) is 0 Å². The molecule has 5 nitrogen and oxygen atoms in total. The molecular weight excluding hydrogens is 353 g/mol. The van der Waals surface area contributed by atoms with Gasteiger partial charge in [-0.2, -0.15) is 0 Å². The minimum Gasteiger partial charge on any atom is -0.493 e. The van der Waals surface area contributed by atoms with Crippen molar-refractivity contribution in [3.8, 4) is 11.5 Å². The molecule has 26 heavy (non-hydrogen) atoms. The first kappa shape index (κ1) is 19.3. The van der Waals surface area contributed by atoms with Crippen LogP contribution in [0.5, 0.6) is 11.5 Å². The van der Waals surface area contributed by atoms with E-state index in [4.69, 9.17) is 9.47 Å². The van der Waals surface area contributed by atoms with Crippen molar-refractivity contribution < 1.29 is 37.0 Å². The number of benzene rings is 2. The minimum absolute atomic E-state index is 0.0247. The fourth-order valence-electron chi connectivity index (χ4n) is 1.93. The van der Waals surface area contributed by atoms with Crippen LogP contribution in [-0.2, 0) is 20.9 Å². The van der Waals surface area contributed by atoms with Gasteiger partial charge in [-0.25, -0.2) is 4.79 Å². The molecule has 0 radical (unpaired) electrons. The van der Waals surface area contributed by atoms with E-state index in [9.17, 15) is 22.8 Å². The number of ether oxygens (including phenoxy) is 3. The van der Waals surface area contributed by atoms with Gasteiger partial charge in [-0.15, -0.1) is 13.2 Å². The van der Waals surface area contributed by atoms with E-state index in [1.807, 2.05) is 6.07 Å². The average molecular weight is 368 g/mol. The molecule has 0 aliphatic rings. The summed E-state index contributed by atoms with van der Waals surface area (Å²) in [5, 5.41) is 0. The lowest BCUT2D eigenvalue weighted by Gasteiger charge is -2.10. The zero-order valence-corrected chi connectivity index (χ0v) is 13.5. The third kappa shape index (κ3) is 6.84. The Kier molecular flexibility index (Phi) is 6.60. The second-order valence-electron chi connectivity index (χ2n) is 5.11. The first-order chi connectivity index (χ1) is 12.3. The van der Waals surface area contributed by atoms with Crippen LogP contribution in [0.4, 0.5) is 13.2 Å². The highest BCUT2D eigenvalue weighted by Gasteiger charge is 2.31. The van der Waals surface area contributed by atoms with E-state index >= 15 is 0 Å². The van der Waals surface area contributed by atoms with E-state index in [0.29, 0.717) is 0 Å². The van der Waals surface area contributed by atoms with Gasteiger partial charge in [0, 0.05) is 6.07 Å². The van der Waals surface area contributed by atoms with Crippen LogP contribution in [0.25, 0.3) is 0 Å². The molecule has 0 spiro atoms. The van der Waals surface area contributed by atoms with Crippen molar-refractivity contribution in [3.05, 3.63) is 60.2 Å². The maximum atomic E-state index is 12.2. The molecule has 0 aliphatic carbocycles. The van der Waals surface area contributed by atoms with E-state index in [2.05, 4.69) is 4.74 Å². The van der Waals surface area contributed by atoms with Crippen molar-refractivity contribution in [2.75, 3.05) is 6.61 Å². The number of Topliss-reactive ketones (excluding diaryl/α,β-unsaturated/α-hetero) is 1. The predicted molar refractivity (Wildman–Crippen MR) is 84.5 cm³/mol. The van der Waals surface area contributed by atoms with Crippen molar-refractivity contribution in [3.63, 3.8) is 0 Å². The van der Waals surface area contributed by atoms with Crippen LogP contribution in [-0.4, -0.2) is 24.7 Å². The van der Waals surface area contributed by atoms with Gasteiger partial charge in [-0.3, -0.25) is 4.79 Å². The highest BCUT2D eigenvalue weighted by molar-refractivity contribution is 6.33. The molecule has 138 valence electrons. The lowest BCUT2D eigenvalue weighted by molar-refractivity contribution is -0.274. The molecular formula is C18H15F3O5. The standard InChI is InChI=1S/C18H15F3O5/c19-18(20,21)26-15-8-4-7-14(11-15)24-10-9-16(22)17(23)25-12-13-5-2-1-3-6-13/h1-8,11H,9-10,12H2. The molecule has 0 atom stereocenters. The number of alkyl halides is 3. The molecule has 2 rings (SSSR count). The zero-order valence-electron chi connectivity index (χ0n) is 13.5. The number of ketones is 1. The molecule has 0 bridgehead atoms. The number of esters is 1. The van der Waals surface area contributed by atoms with Crippen molar-refractivity contribution in [1.82, 2.24) is 0 Å². The van der Waals surface area contributed by atoms with Gasteiger partial charge in [0.05, 0.1) is 13.0 Å². The lowest BCUT2D eigenvalue weighted by atomic mass is 10.2. The number of halogens is 3. The van der Waals surface area contributed by atoms with Gasteiger partial charge in [0.2, 0.25) is 5.78 Å². The number of carbonyl (C=O) groups excluding carboxylic acids is 2. The van der Waals surface area contributed by atoms with Gasteiger partial charge in [0.25, 0.3) is 0 Å². The minimum atomic E-state index is -4.81. The van der Waals surface area contributed by atoms with Crippen LogP contribution in [0.2, 0.25) is 0 Å². The zero-order chi connectivity index (χ0) is 19.0. The number of hydrogen-bond acceptors (Lipinski definition) is 5. The second kappa shape index (κ2) is 8.89. The normalized spacial score (nSPS) is 10.9. The molecule has 0 saturated heterocycles. The third-order valence-electron chi connectivity index (χ3n) is 3.08. The summed E-state index contributed by atoms with van der Waals surface area (Å²) in [6.45, 7) is -0.210. The van der Waals surface area contributed by atoms with Gasteiger partial charge >= 0.3 is 12.3 Å². The van der Waals surface area contributed by atoms with Crippen molar-refractivity contribution in [2.24, 2.45) is 0 Å². The first-order valence-electron chi connectivity index (χ1n) is 7.56. The van der Waals surface area contributed by atoms with E-state index in [0.717, 1.165) is 17.7 Å². The van der Waals surface area contributed by atoms with Gasteiger partial charge in [0.1, 0.15) is 18.1 Å². The van der Waals surface area contributed by atoms with Gasteiger partial charge in [0.15, 0.2) is 0 Å². The van der Waals surface area contributed by atoms with E-state index in [1.54, 1.807) is 24.3 Å². The highest BCUT2D eigenvalue weighted by Crippen LogP contribution is 2.26. The van der Waals surface area contributed by atoms with Crippen molar-refractivity contribution in [2.45, 2.75) is 19.4 Å². The SMILES string of the molecule is O=C(CCOc1cccc(OC(F)(F)F)c1)C(=O)OCc1ccccc1. The largest absolute Gasteiger partial charge is 0.573 e. The molecule has 0 aromatic heterocycles. The van der Waals surface area contributed by atoms with Gasteiger partial charge in [-0.1, -0.05) is 36.4 Å². The van der Waals surface area contributed by atoms with Crippen molar-refractivity contribution in [1.29, 1.82) is 0 Å². The predicted octanol–water partition coefficient (Wildman–Crippen LogP) is 3.67. The Morgan fingerprint density at radius 1 is 0.923 bits per heavy atom. The molecule has 0 fully saturated rings. The average Bonchev–Trinajstić information content (AvgIpc) is 2.59. The Labute approximate surface area is 147 Å². The maximum absolute atomic E-state index is 12.2. The first-order valence-corrected chi connectivity index (χ1v) is 7.56. The fraction of sp³-hybridized carbons (Fsp3) is 0.222. The third-order valence-corrected chi connectivity index (χ3v) is 3.08. The summed E-state index contributed by atoms with van der Waals surface area (Å²) in [4.78, 5) is 23.3. The Hall–Kier alpha value is -3.03. The van der Waals surface area contributed by atoms with E-state index < -0.39 is 23.9 Å². The topological polar surface area (TPSA) is 61.8 Å². The van der Waals surface area contributed by atoms with E-state index in [1.165, 1.54) is 12.1 Å². The summed E-state index contributed by atoms with van der Waals surface area (Å²) in [6.07, 6.45) is -5.07. The lowest BCUT2D eigenvalue weighted by Crippen LogP contribution is -2.19. The summed E-state index contributed by atoms with van der Waals surface area (Å²) in [5.41, 5.74) is 0.742. The smallest absolute Gasteiger partial charge is 0.493 e. The maximum Gasteiger partial charge on any atom is 0.573 e. The summed E-state index contributed by atoms with van der Waals surface area (Å²) >= 11 is 0. The number of carbonyl (C=O) groups is 2. The molecule has 0 N–H and O–H groups in total. The quantitative estimate of drug-likeness (QED) is 0.526. The Bertz CT molecular complexity index is 744. The van der Waals surface area contributed by atoms with Crippen LogP contribution in [0.15, 0.2) is 54.6 Å². The second-order valence-corrected chi connectivity index (χ2v) is 5.11. The summed E-state index contributed by atoms with van der Waals surface area (Å²) in [5.74, 6) is -2.14. The molecule has 2 aromatic rings. The van der Waals surface area contributed by atoms with Crippen LogP contribution < -0.4 is 9.47 Å². The molecule has 0 heterocycles. The van der Waals surface area contributed by atoms with Gasteiger partial charge in [-0.05, 0) is 17.7 Å². The molecule has 0 amide bonds. The Morgan fingerprint density at radius 2 is 1.62 bits per heavy atom. The molecule has 0 unspecified atom stereocenters. The summed E-state index contributed by atoms with van der Waals surface area (Å²) in [6, 6.07) is 13.7. The molecule has 2 aromatic carbocycles. The van der Waals surface area contributed by atoms with Crippen LogP contribution in [0, 0.1) is 0 Å². The van der Waals surface area contributed by atoms with Crippen LogP contribution >= 0.6 is 0 Å². The van der Waals surface area contributed by atoms with E-state index in [-0.39, 0.29) is 25.4 Å². The van der Waals surface area contributed by atoms with Gasteiger partial charge < -0.3 is 14.2 Å². The summed E-state index contributed by atoms with van der Waals surface area (Å²) < 4.78 is 50.3. The Morgan fingerprint density at radius 3 is 2.31 bits per heavy atom. The Balaban J connectivity index is 1.75. The monoisotopic (exact) mass is 368 g/mol. The van der Waals surface area contributed by atoms with Crippen LogP contribution in [0.1, 0.15) is 12.0 Å². The molecule has 8 heteroatoms. The highest BCUT2D eigenvalue weighted by atomic mass is 19.4.